The highest BCUT2D eigenvalue weighted by molar-refractivity contribution is 7.89. The Labute approximate surface area is 157 Å². The van der Waals surface area contributed by atoms with Crippen LogP contribution in [0.4, 0.5) is 0 Å². The quantitative estimate of drug-likeness (QED) is 0.759. The van der Waals surface area contributed by atoms with Crippen molar-refractivity contribution in [3.8, 4) is 0 Å². The van der Waals surface area contributed by atoms with Gasteiger partial charge in [0.1, 0.15) is 0 Å². The fourth-order valence-electron chi connectivity index (χ4n) is 3.11. The first-order valence-corrected chi connectivity index (χ1v) is 10.9. The number of nitrogens with zero attached hydrogens (tertiary/aromatic N) is 1. The van der Waals surface area contributed by atoms with E-state index in [0.29, 0.717) is 25.2 Å². The average Bonchev–Trinajstić information content (AvgIpc) is 2.66. The zero-order chi connectivity index (χ0) is 19.4. The number of hydrogen-bond acceptors (Lipinski definition) is 4. The second-order valence-electron chi connectivity index (χ2n) is 7.19. The summed E-state index contributed by atoms with van der Waals surface area (Å²) in [5.41, 5.74) is 6.93. The predicted molar refractivity (Wildman–Crippen MR) is 104 cm³/mol. The topological polar surface area (TPSA) is 92.5 Å². The molecule has 1 fully saturated rings. The summed E-state index contributed by atoms with van der Waals surface area (Å²) in [5, 5.41) is 2.87. The Morgan fingerprint density at radius 1 is 1.19 bits per heavy atom. The molecule has 0 unspecified atom stereocenters. The first-order valence-electron chi connectivity index (χ1n) is 9.41. The van der Waals surface area contributed by atoms with Crippen LogP contribution in [0.2, 0.25) is 0 Å². The summed E-state index contributed by atoms with van der Waals surface area (Å²) >= 11 is 0. The van der Waals surface area contributed by atoms with Gasteiger partial charge in [-0.2, -0.15) is 4.31 Å². The zero-order valence-corrected chi connectivity index (χ0v) is 16.9. The Bertz CT molecular complexity index is 736. The lowest BCUT2D eigenvalue weighted by molar-refractivity contribution is 0.0941. The minimum absolute atomic E-state index is 0.181. The highest BCUT2D eigenvalue weighted by Gasteiger charge is 2.27. The third-order valence-corrected chi connectivity index (χ3v) is 7.31. The van der Waals surface area contributed by atoms with Gasteiger partial charge < -0.3 is 11.1 Å². The number of nitrogens with one attached hydrogen (secondary N) is 1. The summed E-state index contributed by atoms with van der Waals surface area (Å²) in [7, 11) is -3.56. The van der Waals surface area contributed by atoms with Crippen LogP contribution in [0.3, 0.4) is 0 Å². The van der Waals surface area contributed by atoms with Gasteiger partial charge in [0.05, 0.1) is 4.90 Å². The van der Waals surface area contributed by atoms with E-state index in [-0.39, 0.29) is 10.8 Å². The second-order valence-corrected chi connectivity index (χ2v) is 9.13. The average molecular weight is 382 g/mol. The molecule has 6 nitrogen and oxygen atoms in total. The zero-order valence-electron chi connectivity index (χ0n) is 16.0. The van der Waals surface area contributed by atoms with Gasteiger partial charge in [-0.1, -0.05) is 26.3 Å². The van der Waals surface area contributed by atoms with Gasteiger partial charge in [0.25, 0.3) is 5.91 Å². The molecule has 0 bridgehead atoms. The van der Waals surface area contributed by atoms with E-state index in [2.05, 4.69) is 5.32 Å². The predicted octanol–water partition coefficient (Wildman–Crippen LogP) is 2.42. The molecule has 0 saturated carbocycles. The molecule has 0 aromatic heterocycles. The molecule has 2 rings (SSSR count). The first kappa shape index (κ1) is 20.9. The summed E-state index contributed by atoms with van der Waals surface area (Å²) in [4.78, 5) is 12.8. The Morgan fingerprint density at radius 3 is 2.38 bits per heavy atom. The largest absolute Gasteiger partial charge is 0.350 e. The summed E-state index contributed by atoms with van der Waals surface area (Å²) in [6.07, 6.45) is 4.33. The number of carbonyl (C=O) groups excluding carboxylic acids is 1. The molecule has 1 aromatic rings. The number of sulfonamides is 1. The summed E-state index contributed by atoms with van der Waals surface area (Å²) < 4.78 is 27.2. The summed E-state index contributed by atoms with van der Waals surface area (Å²) in [6, 6.07) is 4.77. The van der Waals surface area contributed by atoms with Gasteiger partial charge in [0.2, 0.25) is 10.0 Å². The Morgan fingerprint density at radius 2 is 1.81 bits per heavy atom. The number of amides is 1. The Kier molecular flexibility index (Phi) is 6.82. The molecule has 1 amide bonds. The van der Waals surface area contributed by atoms with E-state index in [9.17, 15) is 13.2 Å². The molecule has 1 aliphatic rings. The molecule has 3 N–H and O–H groups in total. The van der Waals surface area contributed by atoms with Crippen LogP contribution in [0.25, 0.3) is 0 Å². The van der Waals surface area contributed by atoms with Crippen molar-refractivity contribution in [3.63, 3.8) is 0 Å². The van der Waals surface area contributed by atoms with Gasteiger partial charge in [0.15, 0.2) is 0 Å². The second kappa shape index (κ2) is 8.50. The molecular formula is C19H31N3O3S. The molecule has 0 radical (unpaired) electrons. The van der Waals surface area contributed by atoms with Crippen molar-refractivity contribution >= 4 is 15.9 Å². The van der Waals surface area contributed by atoms with Gasteiger partial charge in [-0.15, -0.1) is 0 Å². The standard InChI is InChI=1S/C19H31N3O3S/c1-4-19(20,5-2)14-21-18(23)17-13-16(10-9-15(17)3)26(24,25)22-11-7-6-8-12-22/h9-10,13H,4-8,11-12,14,20H2,1-3H3,(H,21,23). The maximum Gasteiger partial charge on any atom is 0.251 e. The lowest BCUT2D eigenvalue weighted by Gasteiger charge is -2.27. The molecule has 7 heteroatoms. The molecule has 0 spiro atoms. The fraction of sp³-hybridized carbons (Fsp3) is 0.632. The normalized spacial score (nSPS) is 16.5. The van der Waals surface area contributed by atoms with Crippen LogP contribution in [-0.2, 0) is 10.0 Å². The Hall–Kier alpha value is -1.44. The smallest absolute Gasteiger partial charge is 0.251 e. The van der Waals surface area contributed by atoms with E-state index in [0.717, 1.165) is 37.7 Å². The number of aryl methyl sites for hydroxylation is 1. The fourth-order valence-corrected chi connectivity index (χ4v) is 4.66. The van der Waals surface area contributed by atoms with Gasteiger partial charge in [-0.3, -0.25) is 4.79 Å². The van der Waals surface area contributed by atoms with Crippen LogP contribution in [0.15, 0.2) is 23.1 Å². The van der Waals surface area contributed by atoms with E-state index >= 15 is 0 Å². The highest BCUT2D eigenvalue weighted by Crippen LogP contribution is 2.23. The van der Waals surface area contributed by atoms with Crippen molar-refractivity contribution in [1.82, 2.24) is 9.62 Å². The van der Waals surface area contributed by atoms with Crippen LogP contribution in [0.5, 0.6) is 0 Å². The molecule has 1 aromatic carbocycles. The van der Waals surface area contributed by atoms with Crippen molar-refractivity contribution < 1.29 is 13.2 Å². The van der Waals surface area contributed by atoms with Gasteiger partial charge >= 0.3 is 0 Å². The number of carbonyl (C=O) groups is 1. The van der Waals surface area contributed by atoms with Gasteiger partial charge in [-0.25, -0.2) is 8.42 Å². The van der Waals surface area contributed by atoms with E-state index < -0.39 is 15.6 Å². The third kappa shape index (κ3) is 4.64. The molecule has 0 atom stereocenters. The summed E-state index contributed by atoms with van der Waals surface area (Å²) in [6.45, 7) is 7.24. The summed E-state index contributed by atoms with van der Waals surface area (Å²) in [5.74, 6) is -0.282. The SMILES string of the molecule is CCC(N)(CC)CNC(=O)c1cc(S(=O)(=O)N2CCCCC2)ccc1C. The van der Waals surface area contributed by atoms with Crippen LogP contribution in [-0.4, -0.2) is 43.8 Å². The number of rotatable bonds is 7. The maximum atomic E-state index is 12.9. The van der Waals surface area contributed by atoms with Crippen LogP contribution >= 0.6 is 0 Å². The van der Waals surface area contributed by atoms with E-state index in [1.165, 1.54) is 10.4 Å². The maximum absolute atomic E-state index is 12.9. The van der Waals surface area contributed by atoms with E-state index in [1.807, 2.05) is 20.8 Å². The Balaban J connectivity index is 2.22. The number of nitrogens with two attached hydrogens (primary N) is 1. The molecular weight excluding hydrogens is 350 g/mol. The van der Waals surface area contributed by atoms with Crippen LogP contribution in [0, 0.1) is 6.92 Å². The molecule has 26 heavy (non-hydrogen) atoms. The monoisotopic (exact) mass is 381 g/mol. The van der Waals surface area contributed by atoms with Crippen molar-refractivity contribution in [2.45, 2.75) is 63.3 Å². The molecule has 1 heterocycles. The molecule has 1 saturated heterocycles. The van der Waals surface area contributed by atoms with Crippen LogP contribution in [0.1, 0.15) is 61.9 Å². The molecule has 0 aliphatic carbocycles. The van der Waals surface area contributed by atoms with Gasteiger partial charge in [-0.05, 0) is 50.3 Å². The number of benzene rings is 1. The van der Waals surface area contributed by atoms with Gasteiger partial charge in [0, 0.05) is 30.7 Å². The van der Waals surface area contributed by atoms with Crippen molar-refractivity contribution in [2.24, 2.45) is 5.73 Å². The molecule has 146 valence electrons. The number of hydrogen-bond donors (Lipinski definition) is 2. The lowest BCUT2D eigenvalue weighted by atomic mass is 9.94. The van der Waals surface area contributed by atoms with Crippen molar-refractivity contribution in [1.29, 1.82) is 0 Å². The van der Waals surface area contributed by atoms with E-state index in [1.54, 1.807) is 12.1 Å². The first-order chi connectivity index (χ1) is 12.2. The minimum atomic E-state index is -3.56. The van der Waals surface area contributed by atoms with Crippen molar-refractivity contribution in [2.75, 3.05) is 19.6 Å². The van der Waals surface area contributed by atoms with Crippen LogP contribution < -0.4 is 11.1 Å². The highest BCUT2D eigenvalue weighted by atomic mass is 32.2. The molecule has 1 aliphatic heterocycles. The third-order valence-electron chi connectivity index (χ3n) is 5.42. The van der Waals surface area contributed by atoms with Crippen molar-refractivity contribution in [3.05, 3.63) is 29.3 Å². The number of piperidine rings is 1. The van der Waals surface area contributed by atoms with E-state index in [4.69, 9.17) is 5.73 Å². The lowest BCUT2D eigenvalue weighted by Crippen LogP contribution is -2.49. The minimum Gasteiger partial charge on any atom is -0.350 e.